The second-order valence-corrected chi connectivity index (χ2v) is 4.52. The molecule has 2 aromatic carbocycles. The number of nitrogens with two attached hydrogens (primary N) is 1. The molecule has 98 valence electrons. The van der Waals surface area contributed by atoms with Gasteiger partial charge in [0.05, 0.1) is 16.9 Å². The van der Waals surface area contributed by atoms with Crippen LogP contribution in [0.4, 0.5) is 11.4 Å². The second kappa shape index (κ2) is 5.02. The van der Waals surface area contributed by atoms with E-state index in [0.717, 1.165) is 5.56 Å². The predicted octanol–water partition coefficient (Wildman–Crippen LogP) is 2.84. The van der Waals surface area contributed by atoms with E-state index in [0.29, 0.717) is 16.9 Å². The summed E-state index contributed by atoms with van der Waals surface area (Å²) in [6, 6.07) is 10.4. The predicted molar refractivity (Wildman–Crippen MR) is 76.4 cm³/mol. The molecule has 4 heteroatoms. The monoisotopic (exact) mass is 256 g/mol. The Morgan fingerprint density at radius 2 is 1.95 bits per heavy atom. The van der Waals surface area contributed by atoms with Crippen molar-refractivity contribution in [3.8, 4) is 5.75 Å². The van der Waals surface area contributed by atoms with Gasteiger partial charge in [0, 0.05) is 0 Å². The highest BCUT2D eigenvalue weighted by atomic mass is 16.3. The first kappa shape index (κ1) is 13.0. The number of para-hydroxylation sites is 1. The smallest absolute Gasteiger partial charge is 0.259 e. The molecule has 4 nitrogen and oxygen atoms in total. The third kappa shape index (κ3) is 2.68. The van der Waals surface area contributed by atoms with Crippen LogP contribution in [0.15, 0.2) is 36.4 Å². The van der Waals surface area contributed by atoms with Crippen molar-refractivity contribution >= 4 is 17.3 Å². The molecule has 0 aliphatic rings. The quantitative estimate of drug-likeness (QED) is 0.723. The number of phenolic OH excluding ortho intramolecular Hbond substituents is 1. The number of nitrogen functional groups attached to an aromatic ring is 1. The minimum atomic E-state index is -0.376. The fourth-order valence-corrected chi connectivity index (χ4v) is 1.81. The number of aryl methyl sites for hydroxylation is 2. The highest BCUT2D eigenvalue weighted by Gasteiger charge is 2.13. The largest absolute Gasteiger partial charge is 0.507 e. The van der Waals surface area contributed by atoms with E-state index in [1.54, 1.807) is 37.3 Å². The zero-order valence-corrected chi connectivity index (χ0v) is 10.9. The van der Waals surface area contributed by atoms with E-state index in [1.165, 1.54) is 0 Å². The number of benzene rings is 2. The van der Waals surface area contributed by atoms with Gasteiger partial charge in [-0.3, -0.25) is 4.79 Å². The average molecular weight is 256 g/mol. The van der Waals surface area contributed by atoms with Gasteiger partial charge in [-0.05, 0) is 43.2 Å². The van der Waals surface area contributed by atoms with Gasteiger partial charge in [0.2, 0.25) is 0 Å². The van der Waals surface area contributed by atoms with Crippen LogP contribution >= 0.6 is 0 Å². The number of rotatable bonds is 2. The topological polar surface area (TPSA) is 75.3 Å². The van der Waals surface area contributed by atoms with Crippen LogP contribution in [0.3, 0.4) is 0 Å². The number of carbonyl (C=O) groups excluding carboxylic acids is 1. The van der Waals surface area contributed by atoms with Gasteiger partial charge in [-0.15, -0.1) is 0 Å². The summed E-state index contributed by atoms with van der Waals surface area (Å²) < 4.78 is 0. The minimum absolute atomic E-state index is 0.00813. The van der Waals surface area contributed by atoms with Crippen LogP contribution in [0.1, 0.15) is 21.5 Å². The van der Waals surface area contributed by atoms with E-state index in [2.05, 4.69) is 5.32 Å². The Balaban J connectivity index is 2.31. The van der Waals surface area contributed by atoms with Gasteiger partial charge in [0.15, 0.2) is 0 Å². The number of amides is 1. The maximum atomic E-state index is 12.1. The molecule has 1 amide bonds. The van der Waals surface area contributed by atoms with Crippen LogP contribution in [0, 0.1) is 13.8 Å². The van der Waals surface area contributed by atoms with Gasteiger partial charge in [0.25, 0.3) is 5.91 Å². The maximum Gasteiger partial charge on any atom is 0.259 e. The number of aromatic hydroxyl groups is 1. The normalized spacial score (nSPS) is 10.2. The fourth-order valence-electron chi connectivity index (χ4n) is 1.81. The molecule has 0 heterocycles. The molecule has 4 N–H and O–H groups in total. The van der Waals surface area contributed by atoms with Crippen molar-refractivity contribution in [2.24, 2.45) is 0 Å². The summed E-state index contributed by atoms with van der Waals surface area (Å²) in [5.41, 5.74) is 8.74. The summed E-state index contributed by atoms with van der Waals surface area (Å²) in [4.78, 5) is 12.1. The molecule has 0 bridgehead atoms. The Morgan fingerprint density at radius 1 is 1.21 bits per heavy atom. The van der Waals surface area contributed by atoms with Gasteiger partial charge in [-0.1, -0.05) is 18.2 Å². The summed E-state index contributed by atoms with van der Waals surface area (Å²) in [7, 11) is 0. The SMILES string of the molecule is Cc1ccc(N)c(NC(=O)c2cccc(C)c2O)c1. The molecule has 0 spiro atoms. The summed E-state index contributed by atoms with van der Waals surface area (Å²) >= 11 is 0. The highest BCUT2D eigenvalue weighted by molar-refractivity contribution is 6.07. The molecule has 0 atom stereocenters. The first-order chi connectivity index (χ1) is 8.99. The third-order valence-corrected chi connectivity index (χ3v) is 2.94. The minimum Gasteiger partial charge on any atom is -0.507 e. The molecule has 0 aliphatic heterocycles. The molecule has 2 aromatic rings. The van der Waals surface area contributed by atoms with E-state index in [1.807, 2.05) is 13.0 Å². The maximum absolute atomic E-state index is 12.1. The first-order valence-electron chi connectivity index (χ1n) is 5.95. The second-order valence-electron chi connectivity index (χ2n) is 4.52. The van der Waals surface area contributed by atoms with Gasteiger partial charge >= 0.3 is 0 Å². The molecular weight excluding hydrogens is 240 g/mol. The standard InChI is InChI=1S/C15H16N2O2/c1-9-6-7-12(16)13(8-9)17-15(19)11-5-3-4-10(2)14(11)18/h3-8,18H,16H2,1-2H3,(H,17,19). The van der Waals surface area contributed by atoms with E-state index in [-0.39, 0.29) is 17.2 Å². The van der Waals surface area contributed by atoms with E-state index < -0.39 is 0 Å². The lowest BCUT2D eigenvalue weighted by Crippen LogP contribution is -2.13. The Hall–Kier alpha value is -2.49. The highest BCUT2D eigenvalue weighted by Crippen LogP contribution is 2.25. The number of carbonyl (C=O) groups is 1. The van der Waals surface area contributed by atoms with Crippen molar-refractivity contribution in [2.75, 3.05) is 11.1 Å². The van der Waals surface area contributed by atoms with Crippen LogP contribution in [-0.4, -0.2) is 11.0 Å². The molecule has 0 fully saturated rings. The molecule has 2 rings (SSSR count). The van der Waals surface area contributed by atoms with E-state index in [4.69, 9.17) is 5.73 Å². The lowest BCUT2D eigenvalue weighted by molar-refractivity contribution is 0.102. The van der Waals surface area contributed by atoms with Gasteiger partial charge in [-0.25, -0.2) is 0 Å². The van der Waals surface area contributed by atoms with E-state index >= 15 is 0 Å². The lowest BCUT2D eigenvalue weighted by Gasteiger charge is -2.11. The Morgan fingerprint density at radius 3 is 2.68 bits per heavy atom. The van der Waals surface area contributed by atoms with Gasteiger partial charge < -0.3 is 16.2 Å². The average Bonchev–Trinajstić information content (AvgIpc) is 2.37. The van der Waals surface area contributed by atoms with Crippen molar-refractivity contribution in [2.45, 2.75) is 13.8 Å². The number of hydrogen-bond donors (Lipinski definition) is 3. The first-order valence-corrected chi connectivity index (χ1v) is 5.95. The molecule has 0 saturated carbocycles. The Kier molecular flexibility index (Phi) is 3.42. The summed E-state index contributed by atoms with van der Waals surface area (Å²) in [6.07, 6.45) is 0. The number of hydrogen-bond acceptors (Lipinski definition) is 3. The molecule has 0 saturated heterocycles. The van der Waals surface area contributed by atoms with Crippen molar-refractivity contribution in [3.63, 3.8) is 0 Å². The fraction of sp³-hybridized carbons (Fsp3) is 0.133. The number of phenols is 1. The van der Waals surface area contributed by atoms with Crippen molar-refractivity contribution in [1.82, 2.24) is 0 Å². The zero-order chi connectivity index (χ0) is 14.0. The van der Waals surface area contributed by atoms with Crippen LogP contribution in [0.2, 0.25) is 0 Å². The molecule has 19 heavy (non-hydrogen) atoms. The summed E-state index contributed by atoms with van der Waals surface area (Å²) in [5, 5.41) is 12.6. The molecular formula is C15H16N2O2. The third-order valence-electron chi connectivity index (χ3n) is 2.94. The van der Waals surface area contributed by atoms with Crippen LogP contribution in [-0.2, 0) is 0 Å². The lowest BCUT2D eigenvalue weighted by atomic mass is 10.1. The Labute approximate surface area is 111 Å². The molecule has 0 radical (unpaired) electrons. The van der Waals surface area contributed by atoms with E-state index in [9.17, 15) is 9.90 Å². The number of nitrogens with one attached hydrogen (secondary N) is 1. The van der Waals surface area contributed by atoms with Crippen LogP contribution in [0.25, 0.3) is 0 Å². The van der Waals surface area contributed by atoms with Crippen LogP contribution in [0.5, 0.6) is 5.75 Å². The summed E-state index contributed by atoms with van der Waals surface area (Å²) in [6.45, 7) is 3.66. The summed E-state index contributed by atoms with van der Waals surface area (Å²) in [5.74, 6) is -0.385. The molecule has 0 unspecified atom stereocenters. The molecule has 0 aromatic heterocycles. The molecule has 0 aliphatic carbocycles. The van der Waals surface area contributed by atoms with Crippen molar-refractivity contribution in [1.29, 1.82) is 0 Å². The van der Waals surface area contributed by atoms with Crippen molar-refractivity contribution < 1.29 is 9.90 Å². The zero-order valence-electron chi connectivity index (χ0n) is 10.9. The van der Waals surface area contributed by atoms with Crippen molar-refractivity contribution in [3.05, 3.63) is 53.1 Å². The van der Waals surface area contributed by atoms with Gasteiger partial charge in [-0.2, -0.15) is 0 Å². The number of anilines is 2. The Bertz CT molecular complexity index is 636. The van der Waals surface area contributed by atoms with Crippen LogP contribution < -0.4 is 11.1 Å². The van der Waals surface area contributed by atoms with Gasteiger partial charge in [0.1, 0.15) is 5.75 Å².